The third-order valence-electron chi connectivity index (χ3n) is 5.79. The Hall–Kier alpha value is -2.93. The topological polar surface area (TPSA) is 80.8 Å². The van der Waals surface area contributed by atoms with Gasteiger partial charge in [0, 0.05) is 62.8 Å². The molecule has 2 amide bonds. The standard InChI is InChI=1S/C25H33N3O4/c1-18-14-22(15-19(2)23(18)32-17-20-6-4-9-26-16-20)25(30)28-11-7-21(8-12-28)24(29)27-10-5-13-31-3/h4,6,9,14-16,21H,5,7-8,10-13,17H2,1-3H3,(H,27,29). The van der Waals surface area contributed by atoms with Crippen molar-refractivity contribution >= 4 is 11.8 Å². The Morgan fingerprint density at radius 2 is 1.91 bits per heavy atom. The number of methoxy groups -OCH3 is 1. The number of hydrogen-bond acceptors (Lipinski definition) is 5. The highest BCUT2D eigenvalue weighted by molar-refractivity contribution is 5.95. The lowest BCUT2D eigenvalue weighted by molar-refractivity contribution is -0.126. The van der Waals surface area contributed by atoms with Crippen molar-refractivity contribution in [2.24, 2.45) is 5.92 Å². The molecule has 7 heteroatoms. The maximum Gasteiger partial charge on any atom is 0.253 e. The molecule has 1 aromatic heterocycles. The summed E-state index contributed by atoms with van der Waals surface area (Å²) in [5.74, 6) is 0.853. The van der Waals surface area contributed by atoms with Gasteiger partial charge in [0.1, 0.15) is 12.4 Å². The van der Waals surface area contributed by atoms with Gasteiger partial charge >= 0.3 is 0 Å². The average Bonchev–Trinajstić information content (AvgIpc) is 2.81. The first-order valence-electron chi connectivity index (χ1n) is 11.2. The van der Waals surface area contributed by atoms with Crippen LogP contribution in [0.1, 0.15) is 46.3 Å². The molecule has 1 aromatic carbocycles. The molecular formula is C25H33N3O4. The molecule has 0 saturated carbocycles. The number of carbonyl (C=O) groups excluding carboxylic acids is 2. The van der Waals surface area contributed by atoms with E-state index < -0.39 is 0 Å². The normalized spacial score (nSPS) is 14.3. The molecule has 32 heavy (non-hydrogen) atoms. The Morgan fingerprint density at radius 1 is 1.19 bits per heavy atom. The van der Waals surface area contributed by atoms with Crippen LogP contribution in [0.5, 0.6) is 5.75 Å². The molecule has 3 rings (SSSR count). The van der Waals surface area contributed by atoms with Crippen molar-refractivity contribution in [1.29, 1.82) is 0 Å². The second kappa shape index (κ2) is 11.6. The first kappa shape index (κ1) is 23.7. The van der Waals surface area contributed by atoms with Crippen molar-refractivity contribution < 1.29 is 19.1 Å². The molecule has 1 fully saturated rings. The minimum absolute atomic E-state index is 0.00830. The maximum atomic E-state index is 13.1. The van der Waals surface area contributed by atoms with Crippen LogP contribution in [0.4, 0.5) is 0 Å². The van der Waals surface area contributed by atoms with Gasteiger partial charge in [0.05, 0.1) is 0 Å². The molecule has 1 aliphatic rings. The summed E-state index contributed by atoms with van der Waals surface area (Å²) in [4.78, 5) is 31.4. The van der Waals surface area contributed by atoms with Crippen LogP contribution in [0.15, 0.2) is 36.7 Å². The zero-order chi connectivity index (χ0) is 22.9. The Labute approximate surface area is 190 Å². The van der Waals surface area contributed by atoms with E-state index in [-0.39, 0.29) is 17.7 Å². The highest BCUT2D eigenvalue weighted by Gasteiger charge is 2.28. The highest BCUT2D eigenvalue weighted by Crippen LogP contribution is 2.27. The molecule has 1 saturated heterocycles. The van der Waals surface area contributed by atoms with Crippen molar-refractivity contribution in [1.82, 2.24) is 15.2 Å². The zero-order valence-corrected chi connectivity index (χ0v) is 19.2. The van der Waals surface area contributed by atoms with Crippen molar-refractivity contribution in [3.63, 3.8) is 0 Å². The summed E-state index contributed by atoms with van der Waals surface area (Å²) in [6.45, 7) is 6.80. The molecule has 2 heterocycles. The van der Waals surface area contributed by atoms with Crippen LogP contribution in [0.2, 0.25) is 0 Å². The number of ether oxygens (including phenoxy) is 2. The van der Waals surface area contributed by atoms with Gasteiger partial charge in [-0.3, -0.25) is 14.6 Å². The number of aromatic nitrogens is 1. The molecule has 172 valence electrons. The summed E-state index contributed by atoms with van der Waals surface area (Å²) in [5, 5.41) is 2.97. The second-order valence-electron chi connectivity index (χ2n) is 8.29. The number of rotatable bonds is 9. The molecule has 0 aliphatic carbocycles. The van der Waals surface area contributed by atoms with Gasteiger partial charge in [0.15, 0.2) is 0 Å². The van der Waals surface area contributed by atoms with Gasteiger partial charge < -0.3 is 19.7 Å². The van der Waals surface area contributed by atoms with Gasteiger partial charge in [-0.1, -0.05) is 6.07 Å². The lowest BCUT2D eigenvalue weighted by Crippen LogP contribution is -2.43. The van der Waals surface area contributed by atoms with Crippen LogP contribution < -0.4 is 10.1 Å². The molecule has 1 N–H and O–H groups in total. The van der Waals surface area contributed by atoms with Crippen molar-refractivity contribution in [3.05, 3.63) is 58.9 Å². The number of likely N-dealkylation sites (tertiary alicyclic amines) is 1. The van der Waals surface area contributed by atoms with E-state index in [1.807, 2.05) is 43.0 Å². The molecule has 0 radical (unpaired) electrons. The Kier molecular flexibility index (Phi) is 8.62. The van der Waals surface area contributed by atoms with Crippen LogP contribution in [-0.2, 0) is 16.1 Å². The monoisotopic (exact) mass is 439 g/mol. The number of nitrogens with zero attached hydrogens (tertiary/aromatic N) is 2. The van der Waals surface area contributed by atoms with Crippen LogP contribution >= 0.6 is 0 Å². The van der Waals surface area contributed by atoms with Crippen LogP contribution in [0, 0.1) is 19.8 Å². The number of amides is 2. The van der Waals surface area contributed by atoms with Crippen molar-refractivity contribution in [2.45, 2.75) is 39.7 Å². The van der Waals surface area contributed by atoms with Gasteiger partial charge in [-0.05, 0) is 62.4 Å². The summed E-state index contributed by atoms with van der Waals surface area (Å²) in [6, 6.07) is 7.64. The van der Waals surface area contributed by atoms with Gasteiger partial charge in [-0.15, -0.1) is 0 Å². The quantitative estimate of drug-likeness (QED) is 0.607. The van der Waals surface area contributed by atoms with Gasteiger partial charge in [-0.25, -0.2) is 0 Å². The van der Waals surface area contributed by atoms with Crippen LogP contribution in [0.25, 0.3) is 0 Å². The Morgan fingerprint density at radius 3 is 2.53 bits per heavy atom. The fourth-order valence-electron chi connectivity index (χ4n) is 4.04. The number of carbonyl (C=O) groups is 2. The van der Waals surface area contributed by atoms with E-state index in [2.05, 4.69) is 10.3 Å². The Bertz CT molecular complexity index is 886. The van der Waals surface area contributed by atoms with Gasteiger partial charge in [-0.2, -0.15) is 0 Å². The summed E-state index contributed by atoms with van der Waals surface area (Å²) >= 11 is 0. The first-order valence-corrected chi connectivity index (χ1v) is 11.2. The van der Waals surface area contributed by atoms with Crippen LogP contribution in [0.3, 0.4) is 0 Å². The van der Waals surface area contributed by atoms with Crippen molar-refractivity contribution in [2.75, 3.05) is 33.4 Å². The second-order valence-corrected chi connectivity index (χ2v) is 8.29. The van der Waals surface area contributed by atoms with E-state index in [0.29, 0.717) is 51.3 Å². The molecule has 0 spiro atoms. The smallest absolute Gasteiger partial charge is 0.253 e. The fourth-order valence-corrected chi connectivity index (χ4v) is 4.04. The summed E-state index contributed by atoms with van der Waals surface area (Å²) < 4.78 is 11.0. The van der Waals surface area contributed by atoms with Gasteiger partial charge in [0.2, 0.25) is 5.91 Å². The van der Waals surface area contributed by atoms with Crippen molar-refractivity contribution in [3.8, 4) is 5.75 Å². The lowest BCUT2D eigenvalue weighted by Gasteiger charge is -2.31. The van der Waals surface area contributed by atoms with E-state index in [9.17, 15) is 9.59 Å². The summed E-state index contributed by atoms with van der Waals surface area (Å²) in [5.41, 5.74) is 3.53. The number of pyridine rings is 1. The Balaban J connectivity index is 1.54. The van der Waals surface area contributed by atoms with E-state index in [1.165, 1.54) is 0 Å². The summed E-state index contributed by atoms with van der Waals surface area (Å²) in [7, 11) is 1.65. The molecule has 1 aliphatic heterocycles. The minimum atomic E-state index is -0.0340. The molecule has 0 unspecified atom stereocenters. The van der Waals surface area contributed by atoms with E-state index in [1.54, 1.807) is 19.5 Å². The third kappa shape index (κ3) is 6.29. The zero-order valence-electron chi connectivity index (χ0n) is 19.2. The number of aryl methyl sites for hydroxylation is 2. The molecular weight excluding hydrogens is 406 g/mol. The predicted molar refractivity (Wildman–Crippen MR) is 123 cm³/mol. The highest BCUT2D eigenvalue weighted by atomic mass is 16.5. The molecule has 0 atom stereocenters. The number of piperidine rings is 1. The molecule has 7 nitrogen and oxygen atoms in total. The van der Waals surface area contributed by atoms with Crippen LogP contribution in [-0.4, -0.2) is 55.0 Å². The minimum Gasteiger partial charge on any atom is -0.488 e. The van der Waals surface area contributed by atoms with E-state index >= 15 is 0 Å². The van der Waals surface area contributed by atoms with Gasteiger partial charge in [0.25, 0.3) is 5.91 Å². The molecule has 0 bridgehead atoms. The lowest BCUT2D eigenvalue weighted by atomic mass is 9.95. The SMILES string of the molecule is COCCCNC(=O)C1CCN(C(=O)c2cc(C)c(OCc3cccnc3)c(C)c2)CC1. The largest absolute Gasteiger partial charge is 0.488 e. The predicted octanol–water partition coefficient (Wildman–Crippen LogP) is 3.28. The first-order chi connectivity index (χ1) is 15.5. The third-order valence-corrected chi connectivity index (χ3v) is 5.79. The number of hydrogen-bond donors (Lipinski definition) is 1. The number of benzene rings is 1. The van der Waals surface area contributed by atoms with E-state index in [4.69, 9.17) is 9.47 Å². The fraction of sp³-hybridized carbons (Fsp3) is 0.480. The van der Waals surface area contributed by atoms with E-state index in [0.717, 1.165) is 28.9 Å². The average molecular weight is 440 g/mol. The summed E-state index contributed by atoms with van der Waals surface area (Å²) in [6.07, 6.45) is 5.70. The molecule has 2 aromatic rings. The maximum absolute atomic E-state index is 13.1. The number of nitrogens with one attached hydrogen (secondary N) is 1.